The van der Waals surface area contributed by atoms with Gasteiger partial charge >= 0.3 is 0 Å². The summed E-state index contributed by atoms with van der Waals surface area (Å²) in [6, 6.07) is 12.9. The lowest BCUT2D eigenvalue weighted by atomic mass is 10.2. The second-order valence-electron chi connectivity index (χ2n) is 5.79. The summed E-state index contributed by atoms with van der Waals surface area (Å²) < 4.78 is 16.9. The number of rotatable bonds is 7. The van der Waals surface area contributed by atoms with Crippen LogP contribution < -0.4 is 19.1 Å². The molecule has 0 bridgehead atoms. The first-order valence-corrected chi connectivity index (χ1v) is 10.1. The van der Waals surface area contributed by atoms with Gasteiger partial charge in [0.25, 0.3) is 5.91 Å². The fourth-order valence-electron chi connectivity index (χ4n) is 2.75. The van der Waals surface area contributed by atoms with E-state index in [9.17, 15) is 4.79 Å². The summed E-state index contributed by atoms with van der Waals surface area (Å²) in [5, 5.41) is 0. The molecule has 0 N–H and O–H groups in total. The Hall–Kier alpha value is -2.51. The van der Waals surface area contributed by atoms with Gasteiger partial charge in [-0.15, -0.1) is 0 Å². The number of methoxy groups -OCH3 is 1. The van der Waals surface area contributed by atoms with Crippen molar-refractivity contribution in [3.8, 4) is 17.2 Å². The molecule has 2 aromatic rings. The molecular weight excluding hydrogens is 394 g/mol. The van der Waals surface area contributed by atoms with Crippen molar-refractivity contribution in [3.63, 3.8) is 0 Å². The number of thioether (sulfide) groups is 1. The van der Waals surface area contributed by atoms with E-state index in [1.54, 1.807) is 7.11 Å². The van der Waals surface area contributed by atoms with Crippen LogP contribution in [0.1, 0.15) is 19.4 Å². The van der Waals surface area contributed by atoms with Crippen LogP contribution in [-0.4, -0.2) is 30.6 Å². The largest absolute Gasteiger partial charge is 0.494 e. The van der Waals surface area contributed by atoms with Crippen LogP contribution in [0.25, 0.3) is 6.08 Å². The van der Waals surface area contributed by atoms with Crippen LogP contribution in [0.5, 0.6) is 17.2 Å². The fourth-order valence-corrected chi connectivity index (χ4v) is 4.05. The summed E-state index contributed by atoms with van der Waals surface area (Å²) in [6.07, 6.45) is 1.81. The Balaban J connectivity index is 1.84. The van der Waals surface area contributed by atoms with Crippen molar-refractivity contribution in [2.75, 3.05) is 25.2 Å². The van der Waals surface area contributed by atoms with Gasteiger partial charge < -0.3 is 14.2 Å². The van der Waals surface area contributed by atoms with Gasteiger partial charge in [-0.05, 0) is 61.9 Å². The predicted octanol–water partition coefficient (Wildman–Crippen LogP) is 4.90. The average Bonchev–Trinajstić information content (AvgIpc) is 2.97. The van der Waals surface area contributed by atoms with Gasteiger partial charge in [-0.25, -0.2) is 0 Å². The molecule has 1 fully saturated rings. The zero-order valence-corrected chi connectivity index (χ0v) is 17.6. The number of amides is 1. The summed E-state index contributed by atoms with van der Waals surface area (Å²) in [6.45, 7) is 4.99. The Morgan fingerprint density at radius 1 is 1.04 bits per heavy atom. The molecule has 0 spiro atoms. The van der Waals surface area contributed by atoms with Crippen LogP contribution in [-0.2, 0) is 4.79 Å². The number of ether oxygens (including phenoxy) is 3. The standard InChI is InChI=1S/C21H21NO4S2/c1-4-25-16-9-7-15(8-10-16)22-20(23)19(28-21(22)27)13-14-6-11-17(26-5-2)18(12-14)24-3/h6-13H,4-5H2,1-3H3/b19-13-. The fraction of sp³-hybridized carbons (Fsp3) is 0.238. The van der Waals surface area contributed by atoms with E-state index in [-0.39, 0.29) is 5.91 Å². The molecule has 1 aliphatic heterocycles. The second-order valence-corrected chi connectivity index (χ2v) is 7.46. The minimum atomic E-state index is -0.146. The quantitative estimate of drug-likeness (QED) is 0.474. The van der Waals surface area contributed by atoms with Gasteiger partial charge in [0, 0.05) is 0 Å². The summed E-state index contributed by atoms with van der Waals surface area (Å²) >= 11 is 6.71. The number of carbonyl (C=O) groups excluding carboxylic acids is 1. The van der Waals surface area contributed by atoms with Gasteiger partial charge in [-0.3, -0.25) is 9.69 Å². The molecule has 3 rings (SSSR count). The Bertz CT molecular complexity index is 909. The van der Waals surface area contributed by atoms with Gasteiger partial charge in [0.15, 0.2) is 15.8 Å². The highest BCUT2D eigenvalue weighted by atomic mass is 32.2. The molecule has 0 saturated carbocycles. The molecule has 1 amide bonds. The van der Waals surface area contributed by atoms with Crippen molar-refractivity contribution >= 4 is 46.0 Å². The maximum atomic E-state index is 12.9. The highest BCUT2D eigenvalue weighted by Crippen LogP contribution is 2.37. The molecule has 0 aliphatic carbocycles. The molecular formula is C21H21NO4S2. The first-order chi connectivity index (χ1) is 13.6. The number of anilines is 1. The van der Waals surface area contributed by atoms with Gasteiger partial charge in [0.2, 0.25) is 0 Å². The lowest BCUT2D eigenvalue weighted by molar-refractivity contribution is -0.113. The first-order valence-electron chi connectivity index (χ1n) is 8.89. The van der Waals surface area contributed by atoms with E-state index in [0.717, 1.165) is 17.0 Å². The molecule has 2 aromatic carbocycles. The zero-order valence-electron chi connectivity index (χ0n) is 15.9. The summed E-state index contributed by atoms with van der Waals surface area (Å²) in [4.78, 5) is 15.0. The number of thiocarbonyl (C=S) groups is 1. The van der Waals surface area contributed by atoms with Crippen LogP contribution in [0, 0.1) is 0 Å². The predicted molar refractivity (Wildman–Crippen MR) is 117 cm³/mol. The van der Waals surface area contributed by atoms with Crippen molar-refractivity contribution < 1.29 is 19.0 Å². The maximum Gasteiger partial charge on any atom is 0.270 e. The lowest BCUT2D eigenvalue weighted by Crippen LogP contribution is -2.27. The topological polar surface area (TPSA) is 48.0 Å². The number of nitrogens with zero attached hydrogens (tertiary/aromatic N) is 1. The maximum absolute atomic E-state index is 12.9. The molecule has 5 nitrogen and oxygen atoms in total. The Morgan fingerprint density at radius 3 is 2.39 bits per heavy atom. The number of hydrogen-bond donors (Lipinski definition) is 0. The van der Waals surface area contributed by atoms with Crippen molar-refractivity contribution in [1.82, 2.24) is 0 Å². The number of hydrogen-bond acceptors (Lipinski definition) is 6. The zero-order chi connectivity index (χ0) is 20.1. The van der Waals surface area contributed by atoms with Gasteiger partial charge in [-0.2, -0.15) is 0 Å². The van der Waals surface area contributed by atoms with Crippen molar-refractivity contribution in [1.29, 1.82) is 0 Å². The molecule has 0 atom stereocenters. The van der Waals surface area contributed by atoms with Gasteiger partial charge in [0.05, 0.1) is 30.9 Å². The first kappa shape index (κ1) is 20.2. The van der Waals surface area contributed by atoms with E-state index in [1.807, 2.05) is 62.4 Å². The smallest absolute Gasteiger partial charge is 0.270 e. The summed E-state index contributed by atoms with van der Waals surface area (Å²) in [5.41, 5.74) is 1.56. The highest BCUT2D eigenvalue weighted by molar-refractivity contribution is 8.27. The van der Waals surface area contributed by atoms with Crippen molar-refractivity contribution in [2.24, 2.45) is 0 Å². The molecule has 0 unspecified atom stereocenters. The lowest BCUT2D eigenvalue weighted by Gasteiger charge is -2.15. The van der Waals surface area contributed by atoms with Crippen molar-refractivity contribution in [3.05, 3.63) is 52.9 Å². The molecule has 28 heavy (non-hydrogen) atoms. The molecule has 1 heterocycles. The third-order valence-corrected chi connectivity index (χ3v) is 5.29. The Kier molecular flexibility index (Phi) is 6.59. The van der Waals surface area contributed by atoms with E-state index in [0.29, 0.717) is 33.9 Å². The van der Waals surface area contributed by atoms with Gasteiger partial charge in [0.1, 0.15) is 5.75 Å². The molecule has 146 valence electrons. The van der Waals surface area contributed by atoms with Crippen LogP contribution in [0.4, 0.5) is 5.69 Å². The van der Waals surface area contributed by atoms with E-state index in [2.05, 4.69) is 0 Å². The summed E-state index contributed by atoms with van der Waals surface area (Å²) in [5.74, 6) is 1.91. The van der Waals surface area contributed by atoms with E-state index in [4.69, 9.17) is 26.4 Å². The molecule has 7 heteroatoms. The second kappa shape index (κ2) is 9.12. The molecule has 1 saturated heterocycles. The highest BCUT2D eigenvalue weighted by Gasteiger charge is 2.33. The van der Waals surface area contributed by atoms with Crippen LogP contribution in [0.2, 0.25) is 0 Å². The average molecular weight is 416 g/mol. The number of carbonyl (C=O) groups is 1. The minimum absolute atomic E-state index is 0.146. The third-order valence-electron chi connectivity index (χ3n) is 3.98. The SMILES string of the molecule is CCOc1ccc(N2C(=O)/C(=C/c3ccc(OCC)c(OC)c3)SC2=S)cc1. The molecule has 1 aliphatic rings. The Labute approximate surface area is 174 Å². The van der Waals surface area contributed by atoms with E-state index < -0.39 is 0 Å². The number of benzene rings is 2. The third kappa shape index (κ3) is 4.31. The van der Waals surface area contributed by atoms with Crippen LogP contribution in [0.15, 0.2) is 47.4 Å². The van der Waals surface area contributed by atoms with Crippen molar-refractivity contribution in [2.45, 2.75) is 13.8 Å². The van der Waals surface area contributed by atoms with E-state index in [1.165, 1.54) is 16.7 Å². The molecule has 0 radical (unpaired) electrons. The minimum Gasteiger partial charge on any atom is -0.494 e. The van der Waals surface area contributed by atoms with Crippen LogP contribution >= 0.6 is 24.0 Å². The van der Waals surface area contributed by atoms with Crippen LogP contribution in [0.3, 0.4) is 0 Å². The summed E-state index contributed by atoms with van der Waals surface area (Å²) in [7, 11) is 1.59. The Morgan fingerprint density at radius 2 is 1.75 bits per heavy atom. The normalized spacial score (nSPS) is 15.2. The van der Waals surface area contributed by atoms with Gasteiger partial charge in [-0.1, -0.05) is 30.0 Å². The van der Waals surface area contributed by atoms with E-state index >= 15 is 0 Å². The monoisotopic (exact) mass is 415 g/mol. The molecule has 0 aromatic heterocycles.